The number of ether oxygens (including phenoxy) is 1. The van der Waals surface area contributed by atoms with Crippen LogP contribution in [0.15, 0.2) is 12.3 Å². The molecule has 1 atom stereocenters. The molecule has 1 unspecified atom stereocenters. The predicted octanol–water partition coefficient (Wildman–Crippen LogP) is 0.717. The summed E-state index contributed by atoms with van der Waals surface area (Å²) < 4.78 is 4.74. The first-order valence-electron chi connectivity index (χ1n) is 5.06. The predicted molar refractivity (Wildman–Crippen MR) is 62.0 cm³/mol. The van der Waals surface area contributed by atoms with Crippen molar-refractivity contribution in [1.29, 1.82) is 0 Å². The topological polar surface area (TPSA) is 97.5 Å². The van der Waals surface area contributed by atoms with Gasteiger partial charge in [0.15, 0.2) is 0 Å². The molecule has 0 amide bonds. The molecule has 0 saturated heterocycles. The summed E-state index contributed by atoms with van der Waals surface area (Å²) in [5.41, 5.74) is 0.606. The Morgan fingerprint density at radius 1 is 1.71 bits per heavy atom. The molecule has 1 aromatic heterocycles. The van der Waals surface area contributed by atoms with Crippen LogP contribution in [-0.4, -0.2) is 41.4 Å². The molecule has 0 aliphatic carbocycles. The fourth-order valence-corrected chi connectivity index (χ4v) is 1.29. The maximum Gasteiger partial charge on any atom is 0.311 e. The minimum atomic E-state index is -0.734. The van der Waals surface area contributed by atoms with Crippen molar-refractivity contribution in [3.05, 3.63) is 27.9 Å². The van der Waals surface area contributed by atoms with E-state index >= 15 is 0 Å². The molecule has 0 aliphatic rings. The number of aliphatic hydroxyl groups excluding tert-OH is 1. The second-order valence-electron chi connectivity index (χ2n) is 3.63. The average Bonchev–Trinajstić information content (AvgIpc) is 2.27. The van der Waals surface area contributed by atoms with Crippen molar-refractivity contribution in [3.63, 3.8) is 0 Å². The molecule has 94 valence electrons. The molecule has 0 fully saturated rings. The van der Waals surface area contributed by atoms with Gasteiger partial charge < -0.3 is 15.2 Å². The number of methoxy groups -OCH3 is 1. The number of aliphatic hydroxyl groups is 1. The molecule has 17 heavy (non-hydrogen) atoms. The maximum absolute atomic E-state index is 10.8. The maximum atomic E-state index is 10.8. The number of hydrogen-bond donors (Lipinski definition) is 2. The minimum absolute atomic E-state index is 0.102. The standard InChI is InChI=1S/C10H15N3O4/c1-7-3-9(13(15)16)10(11-4-7)12-5-8(14)6-17-2/h3-4,8,14H,5-6H2,1-2H3,(H,11,12). The van der Waals surface area contributed by atoms with E-state index in [1.54, 1.807) is 6.92 Å². The Kier molecular flexibility index (Phi) is 4.80. The number of pyridine rings is 1. The SMILES string of the molecule is COCC(O)CNc1ncc(C)cc1[N+](=O)[O-]. The zero-order valence-electron chi connectivity index (χ0n) is 9.71. The Morgan fingerprint density at radius 2 is 2.41 bits per heavy atom. The van der Waals surface area contributed by atoms with E-state index in [0.29, 0.717) is 5.56 Å². The van der Waals surface area contributed by atoms with Gasteiger partial charge in [-0.2, -0.15) is 0 Å². The first kappa shape index (κ1) is 13.3. The van der Waals surface area contributed by atoms with Crippen LogP contribution in [0.1, 0.15) is 5.56 Å². The summed E-state index contributed by atoms with van der Waals surface area (Å²) in [6, 6.07) is 1.43. The van der Waals surface area contributed by atoms with Crippen molar-refractivity contribution in [1.82, 2.24) is 4.98 Å². The zero-order valence-corrected chi connectivity index (χ0v) is 9.71. The van der Waals surface area contributed by atoms with Gasteiger partial charge in [0.2, 0.25) is 5.82 Å². The highest BCUT2D eigenvalue weighted by atomic mass is 16.6. The monoisotopic (exact) mass is 241 g/mol. The average molecular weight is 241 g/mol. The largest absolute Gasteiger partial charge is 0.389 e. The number of nitrogens with one attached hydrogen (secondary N) is 1. The fourth-order valence-electron chi connectivity index (χ4n) is 1.29. The zero-order chi connectivity index (χ0) is 12.8. The Bertz CT molecular complexity index is 397. The van der Waals surface area contributed by atoms with E-state index in [2.05, 4.69) is 10.3 Å². The van der Waals surface area contributed by atoms with Gasteiger partial charge in [0, 0.05) is 25.9 Å². The Labute approximate surface area is 98.6 Å². The number of aromatic nitrogens is 1. The van der Waals surface area contributed by atoms with Crippen molar-refractivity contribution < 1.29 is 14.8 Å². The molecule has 0 aliphatic heterocycles. The molecule has 0 saturated carbocycles. The number of nitro groups is 1. The second kappa shape index (κ2) is 6.12. The Balaban J connectivity index is 2.73. The van der Waals surface area contributed by atoms with Crippen LogP contribution in [-0.2, 0) is 4.74 Å². The van der Waals surface area contributed by atoms with Crippen LogP contribution in [0.5, 0.6) is 0 Å². The van der Waals surface area contributed by atoms with Gasteiger partial charge in [0.05, 0.1) is 17.6 Å². The van der Waals surface area contributed by atoms with Crippen LogP contribution in [0.25, 0.3) is 0 Å². The van der Waals surface area contributed by atoms with E-state index in [0.717, 1.165) is 0 Å². The molecule has 1 heterocycles. The summed E-state index contributed by atoms with van der Waals surface area (Å²) in [5, 5.41) is 22.9. The van der Waals surface area contributed by atoms with Crippen LogP contribution >= 0.6 is 0 Å². The summed E-state index contributed by atoms with van der Waals surface area (Å²) in [4.78, 5) is 14.2. The van der Waals surface area contributed by atoms with Gasteiger partial charge in [-0.05, 0) is 12.5 Å². The molecule has 7 heteroatoms. The van der Waals surface area contributed by atoms with Crippen molar-refractivity contribution in [2.24, 2.45) is 0 Å². The van der Waals surface area contributed by atoms with Crippen LogP contribution in [0.2, 0.25) is 0 Å². The van der Waals surface area contributed by atoms with Crippen molar-refractivity contribution >= 4 is 11.5 Å². The van der Waals surface area contributed by atoms with Crippen LogP contribution in [0, 0.1) is 17.0 Å². The van der Waals surface area contributed by atoms with Gasteiger partial charge in [-0.25, -0.2) is 4.98 Å². The number of anilines is 1. The lowest BCUT2D eigenvalue weighted by atomic mass is 10.3. The first-order valence-corrected chi connectivity index (χ1v) is 5.06. The minimum Gasteiger partial charge on any atom is -0.389 e. The lowest BCUT2D eigenvalue weighted by Crippen LogP contribution is -2.24. The normalized spacial score (nSPS) is 12.2. The Hall–Kier alpha value is -1.73. The summed E-state index contributed by atoms with van der Waals surface area (Å²) in [7, 11) is 1.47. The third-order valence-corrected chi connectivity index (χ3v) is 2.07. The molecule has 0 aromatic carbocycles. The summed E-state index contributed by atoms with van der Waals surface area (Å²) >= 11 is 0. The molecule has 0 radical (unpaired) electrons. The second-order valence-corrected chi connectivity index (χ2v) is 3.63. The van der Waals surface area contributed by atoms with Gasteiger partial charge in [-0.15, -0.1) is 0 Å². The van der Waals surface area contributed by atoms with Gasteiger partial charge in [-0.3, -0.25) is 10.1 Å². The van der Waals surface area contributed by atoms with Crippen molar-refractivity contribution in [2.45, 2.75) is 13.0 Å². The van der Waals surface area contributed by atoms with E-state index in [1.807, 2.05) is 0 Å². The third-order valence-electron chi connectivity index (χ3n) is 2.07. The van der Waals surface area contributed by atoms with E-state index in [-0.39, 0.29) is 24.7 Å². The molecule has 7 nitrogen and oxygen atoms in total. The van der Waals surface area contributed by atoms with Gasteiger partial charge in [-0.1, -0.05) is 0 Å². The molecule has 1 rings (SSSR count). The van der Waals surface area contributed by atoms with Gasteiger partial charge >= 0.3 is 5.69 Å². The third kappa shape index (κ3) is 3.97. The highest BCUT2D eigenvalue weighted by Crippen LogP contribution is 2.22. The Morgan fingerprint density at radius 3 is 3.00 bits per heavy atom. The smallest absolute Gasteiger partial charge is 0.311 e. The van der Waals surface area contributed by atoms with Gasteiger partial charge in [0.25, 0.3) is 0 Å². The van der Waals surface area contributed by atoms with E-state index in [9.17, 15) is 15.2 Å². The first-order chi connectivity index (χ1) is 8.04. The summed E-state index contributed by atoms with van der Waals surface area (Å²) in [5.74, 6) is 0.149. The fraction of sp³-hybridized carbons (Fsp3) is 0.500. The van der Waals surface area contributed by atoms with Crippen molar-refractivity contribution in [2.75, 3.05) is 25.6 Å². The highest BCUT2D eigenvalue weighted by Gasteiger charge is 2.16. The van der Waals surface area contributed by atoms with Crippen LogP contribution in [0.4, 0.5) is 11.5 Å². The van der Waals surface area contributed by atoms with E-state index < -0.39 is 11.0 Å². The summed E-state index contributed by atoms with van der Waals surface area (Å²) in [6.07, 6.45) is 0.792. The number of hydrogen-bond acceptors (Lipinski definition) is 6. The van der Waals surface area contributed by atoms with Crippen LogP contribution < -0.4 is 5.32 Å². The number of aryl methyl sites for hydroxylation is 1. The quantitative estimate of drug-likeness (QED) is 0.562. The molecule has 2 N–H and O–H groups in total. The lowest BCUT2D eigenvalue weighted by Gasteiger charge is -2.11. The molecular weight excluding hydrogens is 226 g/mol. The number of nitrogens with zero attached hydrogens (tertiary/aromatic N) is 2. The van der Waals surface area contributed by atoms with Crippen LogP contribution in [0.3, 0.4) is 0 Å². The molecule has 0 spiro atoms. The molecule has 1 aromatic rings. The van der Waals surface area contributed by atoms with E-state index in [4.69, 9.17) is 4.74 Å². The lowest BCUT2D eigenvalue weighted by molar-refractivity contribution is -0.384. The number of rotatable bonds is 6. The summed E-state index contributed by atoms with van der Waals surface area (Å²) in [6.45, 7) is 2.03. The molecular formula is C10H15N3O4. The van der Waals surface area contributed by atoms with Crippen molar-refractivity contribution in [3.8, 4) is 0 Å². The molecule has 0 bridgehead atoms. The van der Waals surface area contributed by atoms with Gasteiger partial charge in [0.1, 0.15) is 0 Å². The highest BCUT2D eigenvalue weighted by molar-refractivity contribution is 5.56. The van der Waals surface area contributed by atoms with E-state index in [1.165, 1.54) is 19.4 Å².